The lowest BCUT2D eigenvalue weighted by atomic mass is 10.1. The molecule has 0 radical (unpaired) electrons. The molecule has 8 atom stereocenters. The summed E-state index contributed by atoms with van der Waals surface area (Å²) in [6.07, 6.45) is -8.19. The summed E-state index contributed by atoms with van der Waals surface area (Å²) in [5.41, 5.74) is 2.79. The van der Waals surface area contributed by atoms with E-state index < -0.39 is 67.1 Å². The minimum Gasteiger partial charge on any atom is -0.459 e. The van der Waals surface area contributed by atoms with Gasteiger partial charge in [0.25, 0.3) is 0 Å². The third-order valence-electron chi connectivity index (χ3n) is 9.66. The molecule has 5 aromatic carbocycles. The van der Waals surface area contributed by atoms with Crippen molar-refractivity contribution in [2.45, 2.75) is 62.4 Å². The number of methoxy groups -OCH3 is 1. The molecule has 12 nitrogen and oxygen atoms in total. The van der Waals surface area contributed by atoms with Crippen LogP contribution in [0.15, 0.2) is 152 Å². The van der Waals surface area contributed by atoms with Crippen LogP contribution < -0.4 is 0 Å². The standard InChI is InChI=1S/C46H44O12/c1-50-45-41(57-44(49)35-25-15-6-16-26-35)39(37(55-45)30-54-43(48)34-23-13-5-14-24-34)58-46-40(52-28-32-19-9-3-10-20-32)38(51-27-31-17-7-2-8-18-31)36(56-46)29-53-42(47)33-21-11-4-12-22-33/h2-26,36-41,45-46H,27-30H2,1H3/t36-,37-,38-,39-,40+,41+,45+,46-/m1/s1. The maximum atomic E-state index is 13.5. The van der Waals surface area contributed by atoms with Crippen molar-refractivity contribution in [2.75, 3.05) is 20.3 Å². The summed E-state index contributed by atoms with van der Waals surface area (Å²) in [6, 6.07) is 44.8. The second-order valence-electron chi connectivity index (χ2n) is 13.6. The Morgan fingerprint density at radius 3 is 1.33 bits per heavy atom. The van der Waals surface area contributed by atoms with Gasteiger partial charge in [-0.05, 0) is 47.5 Å². The van der Waals surface area contributed by atoms with E-state index >= 15 is 0 Å². The molecule has 2 heterocycles. The predicted molar refractivity (Wildman–Crippen MR) is 208 cm³/mol. The zero-order chi connectivity index (χ0) is 40.1. The first-order chi connectivity index (χ1) is 28.5. The average Bonchev–Trinajstić information content (AvgIpc) is 3.79. The largest absolute Gasteiger partial charge is 0.459 e. The van der Waals surface area contributed by atoms with Crippen LogP contribution in [0, 0.1) is 0 Å². The highest BCUT2D eigenvalue weighted by atomic mass is 16.8. The lowest BCUT2D eigenvalue weighted by Crippen LogP contribution is -2.46. The van der Waals surface area contributed by atoms with Crippen LogP contribution >= 0.6 is 0 Å². The number of benzene rings is 5. The van der Waals surface area contributed by atoms with E-state index in [1.165, 1.54) is 7.11 Å². The van der Waals surface area contributed by atoms with E-state index in [0.717, 1.165) is 11.1 Å². The predicted octanol–water partition coefficient (Wildman–Crippen LogP) is 6.58. The first-order valence-corrected chi connectivity index (χ1v) is 19.0. The number of carbonyl (C=O) groups is 3. The van der Waals surface area contributed by atoms with Crippen molar-refractivity contribution >= 4 is 17.9 Å². The average molecular weight is 789 g/mol. The van der Waals surface area contributed by atoms with Gasteiger partial charge in [0.1, 0.15) is 43.7 Å². The Hall–Kier alpha value is -5.73. The number of esters is 3. The number of hydrogen-bond donors (Lipinski definition) is 0. The van der Waals surface area contributed by atoms with Crippen molar-refractivity contribution in [1.29, 1.82) is 0 Å². The van der Waals surface area contributed by atoms with Crippen LogP contribution in [0.4, 0.5) is 0 Å². The minimum absolute atomic E-state index is 0.156. The smallest absolute Gasteiger partial charge is 0.338 e. The number of hydrogen-bond acceptors (Lipinski definition) is 12. The highest BCUT2D eigenvalue weighted by Crippen LogP contribution is 2.36. The van der Waals surface area contributed by atoms with Gasteiger partial charge in [-0.2, -0.15) is 0 Å². The molecule has 0 aromatic heterocycles. The molecule has 2 aliphatic heterocycles. The van der Waals surface area contributed by atoms with Gasteiger partial charge in [-0.1, -0.05) is 115 Å². The number of rotatable bonds is 17. The molecule has 0 unspecified atom stereocenters. The summed E-state index contributed by atoms with van der Waals surface area (Å²) in [4.78, 5) is 39.7. The fraction of sp³-hybridized carbons (Fsp3) is 0.283. The van der Waals surface area contributed by atoms with Gasteiger partial charge < -0.3 is 42.6 Å². The fourth-order valence-corrected chi connectivity index (χ4v) is 6.70. The number of carbonyl (C=O) groups excluding carboxylic acids is 3. The summed E-state index contributed by atoms with van der Waals surface area (Å²) in [7, 11) is 1.41. The van der Waals surface area contributed by atoms with Gasteiger partial charge in [0.05, 0.1) is 29.9 Å². The Kier molecular flexibility index (Phi) is 14.0. The van der Waals surface area contributed by atoms with Crippen LogP contribution in [0.25, 0.3) is 0 Å². The van der Waals surface area contributed by atoms with Crippen LogP contribution in [-0.2, 0) is 55.8 Å². The van der Waals surface area contributed by atoms with Crippen LogP contribution in [0.3, 0.4) is 0 Å². The minimum atomic E-state index is -1.20. The van der Waals surface area contributed by atoms with E-state index in [-0.39, 0.29) is 26.4 Å². The van der Waals surface area contributed by atoms with Crippen molar-refractivity contribution in [3.63, 3.8) is 0 Å². The van der Waals surface area contributed by atoms with E-state index in [1.807, 2.05) is 66.7 Å². The van der Waals surface area contributed by atoms with Gasteiger partial charge in [0, 0.05) is 7.11 Å². The van der Waals surface area contributed by atoms with Crippen molar-refractivity contribution in [1.82, 2.24) is 0 Å². The molecule has 58 heavy (non-hydrogen) atoms. The monoisotopic (exact) mass is 788 g/mol. The van der Waals surface area contributed by atoms with Gasteiger partial charge in [-0.3, -0.25) is 0 Å². The quantitative estimate of drug-likeness (QED) is 0.0745. The maximum absolute atomic E-state index is 13.5. The van der Waals surface area contributed by atoms with Crippen molar-refractivity contribution in [3.05, 3.63) is 179 Å². The van der Waals surface area contributed by atoms with Crippen LogP contribution in [0.2, 0.25) is 0 Å². The topological polar surface area (TPSA) is 134 Å². The van der Waals surface area contributed by atoms with Gasteiger partial charge in [0.15, 0.2) is 18.7 Å². The molecule has 0 bridgehead atoms. The van der Waals surface area contributed by atoms with Gasteiger partial charge in [-0.25, -0.2) is 14.4 Å². The van der Waals surface area contributed by atoms with E-state index in [9.17, 15) is 14.4 Å². The molecule has 0 amide bonds. The molecule has 12 heteroatoms. The first kappa shape index (κ1) is 40.5. The normalized spacial score (nSPS) is 23.9. The van der Waals surface area contributed by atoms with E-state index in [0.29, 0.717) is 16.7 Å². The molecular formula is C46H44O12. The van der Waals surface area contributed by atoms with Crippen LogP contribution in [-0.4, -0.2) is 87.4 Å². The molecule has 0 spiro atoms. The van der Waals surface area contributed by atoms with Gasteiger partial charge >= 0.3 is 17.9 Å². The summed E-state index contributed by atoms with van der Waals surface area (Å²) in [5.74, 6) is -1.78. The Labute approximate surface area is 336 Å². The summed E-state index contributed by atoms with van der Waals surface area (Å²) in [5, 5.41) is 0. The summed E-state index contributed by atoms with van der Waals surface area (Å²) < 4.78 is 55.9. The van der Waals surface area contributed by atoms with Gasteiger partial charge in [0.2, 0.25) is 0 Å². The Morgan fingerprint density at radius 1 is 0.466 bits per heavy atom. The summed E-state index contributed by atoms with van der Waals surface area (Å²) >= 11 is 0. The van der Waals surface area contributed by atoms with E-state index in [4.69, 9.17) is 42.6 Å². The third kappa shape index (κ3) is 10.4. The molecule has 0 N–H and O–H groups in total. The molecular weight excluding hydrogens is 744 g/mol. The highest BCUT2D eigenvalue weighted by molar-refractivity contribution is 5.90. The molecule has 0 aliphatic carbocycles. The molecule has 0 saturated carbocycles. The second-order valence-corrected chi connectivity index (χ2v) is 13.6. The molecule has 2 aliphatic rings. The number of ether oxygens (including phenoxy) is 9. The Morgan fingerprint density at radius 2 is 0.862 bits per heavy atom. The maximum Gasteiger partial charge on any atom is 0.338 e. The Bertz CT molecular complexity index is 2030. The molecule has 7 rings (SSSR count). The molecule has 5 aromatic rings. The van der Waals surface area contributed by atoms with Crippen LogP contribution in [0.5, 0.6) is 0 Å². The van der Waals surface area contributed by atoms with Crippen LogP contribution in [0.1, 0.15) is 42.2 Å². The van der Waals surface area contributed by atoms with E-state index in [2.05, 4.69) is 0 Å². The zero-order valence-electron chi connectivity index (χ0n) is 31.8. The second kappa shape index (κ2) is 20.1. The fourth-order valence-electron chi connectivity index (χ4n) is 6.70. The van der Waals surface area contributed by atoms with Crippen molar-refractivity contribution in [3.8, 4) is 0 Å². The van der Waals surface area contributed by atoms with Gasteiger partial charge in [-0.15, -0.1) is 0 Å². The molecule has 300 valence electrons. The first-order valence-electron chi connectivity index (χ1n) is 19.0. The Balaban J connectivity index is 1.19. The third-order valence-corrected chi connectivity index (χ3v) is 9.66. The van der Waals surface area contributed by atoms with Crippen molar-refractivity contribution in [2.24, 2.45) is 0 Å². The zero-order valence-corrected chi connectivity index (χ0v) is 31.8. The van der Waals surface area contributed by atoms with Crippen molar-refractivity contribution < 1.29 is 57.0 Å². The highest BCUT2D eigenvalue weighted by Gasteiger charge is 2.55. The molecule has 2 saturated heterocycles. The SMILES string of the molecule is CO[C@H]1O[C@H](COC(=O)c2ccccc2)[C@@H](O[C@H]2O[C@H](COC(=O)c3ccccc3)[C@@H](OCc3ccccc3)[C@@H]2OCc2ccccc2)[C@@H]1OC(=O)c1ccccc1. The molecule has 2 fully saturated rings. The summed E-state index contributed by atoms with van der Waals surface area (Å²) in [6.45, 7) is -0.150. The lowest BCUT2D eigenvalue weighted by molar-refractivity contribution is -0.224. The van der Waals surface area contributed by atoms with E-state index in [1.54, 1.807) is 84.9 Å². The lowest BCUT2D eigenvalue weighted by Gasteiger charge is -2.29.